The van der Waals surface area contributed by atoms with Crippen LogP contribution in [0.2, 0.25) is 4.47 Å². The molecule has 0 saturated carbocycles. The standard InChI is InChI=1S/C10H18ClN3O2S2/c1-8(2)14(3)6-4-5-13-18(15,16)9-7-12-10(11)17-9/h7-8,13H,4-6H2,1-3H3. The summed E-state index contributed by atoms with van der Waals surface area (Å²) in [7, 11) is -1.44. The molecule has 18 heavy (non-hydrogen) atoms. The zero-order chi connectivity index (χ0) is 13.8. The average molecular weight is 312 g/mol. The van der Waals surface area contributed by atoms with E-state index < -0.39 is 10.0 Å². The lowest BCUT2D eigenvalue weighted by atomic mass is 10.3. The van der Waals surface area contributed by atoms with E-state index in [1.54, 1.807) is 0 Å². The fourth-order valence-electron chi connectivity index (χ4n) is 1.23. The van der Waals surface area contributed by atoms with Gasteiger partial charge in [0.15, 0.2) is 8.68 Å². The van der Waals surface area contributed by atoms with E-state index in [0.29, 0.717) is 12.6 Å². The van der Waals surface area contributed by atoms with Crippen LogP contribution >= 0.6 is 22.9 Å². The second kappa shape index (κ2) is 6.81. The summed E-state index contributed by atoms with van der Waals surface area (Å²) < 4.78 is 26.6. The van der Waals surface area contributed by atoms with Gasteiger partial charge < -0.3 is 4.90 Å². The number of hydrogen-bond donors (Lipinski definition) is 1. The minimum Gasteiger partial charge on any atom is -0.304 e. The van der Waals surface area contributed by atoms with E-state index >= 15 is 0 Å². The molecular weight excluding hydrogens is 294 g/mol. The van der Waals surface area contributed by atoms with Crippen LogP contribution in [-0.2, 0) is 10.0 Å². The Hall–Kier alpha value is -0.210. The van der Waals surface area contributed by atoms with Crippen molar-refractivity contribution in [3.63, 3.8) is 0 Å². The van der Waals surface area contributed by atoms with Crippen molar-refractivity contribution >= 4 is 33.0 Å². The molecule has 5 nitrogen and oxygen atoms in total. The van der Waals surface area contributed by atoms with Crippen molar-refractivity contribution in [2.45, 2.75) is 30.5 Å². The van der Waals surface area contributed by atoms with Crippen molar-refractivity contribution in [3.05, 3.63) is 10.7 Å². The highest BCUT2D eigenvalue weighted by Gasteiger charge is 2.16. The molecule has 1 N–H and O–H groups in total. The molecule has 0 aliphatic carbocycles. The predicted octanol–water partition coefficient (Wildman–Crippen LogP) is 1.81. The van der Waals surface area contributed by atoms with Crippen molar-refractivity contribution in [2.75, 3.05) is 20.1 Å². The molecule has 0 bridgehead atoms. The van der Waals surface area contributed by atoms with Crippen LogP contribution in [0.15, 0.2) is 10.4 Å². The third kappa shape index (κ3) is 4.81. The molecule has 104 valence electrons. The second-order valence-electron chi connectivity index (χ2n) is 4.26. The molecule has 8 heteroatoms. The molecule has 0 aliphatic rings. The van der Waals surface area contributed by atoms with E-state index in [-0.39, 0.29) is 8.68 Å². The minimum absolute atomic E-state index is 0.157. The first-order chi connectivity index (χ1) is 8.33. The Morgan fingerprint density at radius 2 is 2.22 bits per heavy atom. The smallest absolute Gasteiger partial charge is 0.251 e. The lowest BCUT2D eigenvalue weighted by Crippen LogP contribution is -2.31. The van der Waals surface area contributed by atoms with Gasteiger partial charge in [-0.15, -0.1) is 0 Å². The normalized spacial score (nSPS) is 12.6. The van der Waals surface area contributed by atoms with Crippen molar-refractivity contribution in [2.24, 2.45) is 0 Å². The highest BCUT2D eigenvalue weighted by Crippen LogP contribution is 2.21. The molecule has 0 fully saturated rings. The van der Waals surface area contributed by atoms with Crippen molar-refractivity contribution in [1.82, 2.24) is 14.6 Å². The summed E-state index contributed by atoms with van der Waals surface area (Å²) in [5, 5.41) is 0. The van der Waals surface area contributed by atoms with Crippen molar-refractivity contribution in [1.29, 1.82) is 0 Å². The number of nitrogens with one attached hydrogen (secondary N) is 1. The molecule has 0 unspecified atom stereocenters. The summed E-state index contributed by atoms with van der Waals surface area (Å²) in [4.78, 5) is 5.88. The number of thiazole rings is 1. The lowest BCUT2D eigenvalue weighted by Gasteiger charge is -2.20. The van der Waals surface area contributed by atoms with Gasteiger partial charge in [0.05, 0.1) is 6.20 Å². The molecule has 1 heterocycles. The molecule has 0 amide bonds. The van der Waals surface area contributed by atoms with Crippen LogP contribution < -0.4 is 4.72 Å². The van der Waals surface area contributed by atoms with Crippen LogP contribution in [0, 0.1) is 0 Å². The third-order valence-corrected chi connectivity index (χ3v) is 5.62. The number of halogens is 1. The fourth-order valence-corrected chi connectivity index (χ4v) is 3.64. The summed E-state index contributed by atoms with van der Waals surface area (Å²) in [6, 6.07) is 0.460. The van der Waals surface area contributed by atoms with Gasteiger partial charge >= 0.3 is 0 Å². The molecule has 1 aromatic heterocycles. The van der Waals surface area contributed by atoms with Gasteiger partial charge in [-0.25, -0.2) is 18.1 Å². The average Bonchev–Trinajstić information content (AvgIpc) is 2.71. The van der Waals surface area contributed by atoms with E-state index in [2.05, 4.69) is 28.5 Å². The molecule has 0 spiro atoms. The zero-order valence-electron chi connectivity index (χ0n) is 10.7. The topological polar surface area (TPSA) is 62.3 Å². The van der Waals surface area contributed by atoms with E-state index in [0.717, 1.165) is 24.3 Å². The number of aromatic nitrogens is 1. The predicted molar refractivity (Wildman–Crippen MR) is 74.7 cm³/mol. The van der Waals surface area contributed by atoms with Crippen molar-refractivity contribution < 1.29 is 8.42 Å². The maximum absolute atomic E-state index is 11.8. The highest BCUT2D eigenvalue weighted by molar-refractivity contribution is 7.91. The summed E-state index contributed by atoms with van der Waals surface area (Å²) in [6.45, 7) is 5.46. The van der Waals surface area contributed by atoms with Crippen LogP contribution in [-0.4, -0.2) is 44.5 Å². The summed E-state index contributed by atoms with van der Waals surface area (Å²) >= 11 is 6.57. The molecular formula is C10H18ClN3O2S2. The van der Waals surface area contributed by atoms with E-state index in [1.165, 1.54) is 6.20 Å². The molecule has 0 aromatic carbocycles. The van der Waals surface area contributed by atoms with Crippen LogP contribution in [0.3, 0.4) is 0 Å². The van der Waals surface area contributed by atoms with E-state index in [9.17, 15) is 8.42 Å². The molecule has 1 aromatic rings. The van der Waals surface area contributed by atoms with E-state index in [4.69, 9.17) is 11.6 Å². The monoisotopic (exact) mass is 311 g/mol. The first-order valence-corrected chi connectivity index (χ1v) is 8.32. The highest BCUT2D eigenvalue weighted by atomic mass is 35.5. The number of nitrogens with zero attached hydrogens (tertiary/aromatic N) is 2. The molecule has 0 atom stereocenters. The second-order valence-corrected chi connectivity index (χ2v) is 7.86. The molecule has 0 aliphatic heterocycles. The minimum atomic E-state index is -3.45. The summed E-state index contributed by atoms with van der Waals surface area (Å²) in [5.74, 6) is 0. The summed E-state index contributed by atoms with van der Waals surface area (Å²) in [6.07, 6.45) is 2.04. The van der Waals surface area contributed by atoms with Gasteiger partial charge in [-0.3, -0.25) is 0 Å². The Kier molecular flexibility index (Phi) is 6.00. The van der Waals surface area contributed by atoms with Gasteiger partial charge in [-0.2, -0.15) is 0 Å². The van der Waals surface area contributed by atoms with Gasteiger partial charge in [0.2, 0.25) is 0 Å². The number of sulfonamides is 1. The maximum atomic E-state index is 11.8. The van der Waals surface area contributed by atoms with Crippen molar-refractivity contribution in [3.8, 4) is 0 Å². The third-order valence-electron chi connectivity index (χ3n) is 2.58. The van der Waals surface area contributed by atoms with Crippen LogP contribution in [0.1, 0.15) is 20.3 Å². The van der Waals surface area contributed by atoms with Crippen LogP contribution in [0.4, 0.5) is 0 Å². The van der Waals surface area contributed by atoms with Crippen LogP contribution in [0.5, 0.6) is 0 Å². The van der Waals surface area contributed by atoms with E-state index in [1.807, 2.05) is 7.05 Å². The van der Waals surface area contributed by atoms with Crippen LogP contribution in [0.25, 0.3) is 0 Å². The largest absolute Gasteiger partial charge is 0.304 e. The molecule has 0 saturated heterocycles. The quantitative estimate of drug-likeness (QED) is 0.780. The molecule has 0 radical (unpaired) electrons. The SMILES string of the molecule is CC(C)N(C)CCCNS(=O)(=O)c1cnc(Cl)s1. The van der Waals surface area contributed by atoms with Gasteiger partial charge in [-0.1, -0.05) is 22.9 Å². The van der Waals surface area contributed by atoms with Gasteiger partial charge in [0.1, 0.15) is 0 Å². The summed E-state index contributed by atoms with van der Waals surface area (Å²) in [5.41, 5.74) is 0. The number of hydrogen-bond acceptors (Lipinski definition) is 5. The number of rotatable bonds is 7. The first-order valence-electron chi connectivity index (χ1n) is 5.64. The maximum Gasteiger partial charge on any atom is 0.251 e. The van der Waals surface area contributed by atoms with Gasteiger partial charge in [-0.05, 0) is 33.9 Å². The lowest BCUT2D eigenvalue weighted by molar-refractivity contribution is 0.271. The zero-order valence-corrected chi connectivity index (χ0v) is 13.1. The Bertz CT molecular complexity index is 473. The Balaban J connectivity index is 2.39. The Labute approximate surface area is 117 Å². The fraction of sp³-hybridized carbons (Fsp3) is 0.700. The Morgan fingerprint density at radius 1 is 1.56 bits per heavy atom. The Morgan fingerprint density at radius 3 is 2.72 bits per heavy atom. The first kappa shape index (κ1) is 15.8. The molecule has 1 rings (SSSR count). The van der Waals surface area contributed by atoms with Gasteiger partial charge in [0, 0.05) is 12.6 Å². The van der Waals surface area contributed by atoms with Gasteiger partial charge in [0.25, 0.3) is 10.0 Å².